The summed E-state index contributed by atoms with van der Waals surface area (Å²) < 4.78 is 100. The van der Waals surface area contributed by atoms with Gasteiger partial charge in [0.15, 0.2) is 11.4 Å². The highest BCUT2D eigenvalue weighted by Gasteiger charge is 2.50. The van der Waals surface area contributed by atoms with E-state index in [1.165, 1.54) is 6.92 Å². The molecule has 2 N–H and O–H groups in total. The SMILES string of the molecule is C[C@H]1C(=O)NC[C@@H]1C(=O)Nc1cc(-c2cc(F)cc(OC(C)(C)C(F)(F)F)c2)n(-c2nccc(C(F)(F)F)n2)n1. The summed E-state index contributed by atoms with van der Waals surface area (Å²) in [4.78, 5) is 31.8. The van der Waals surface area contributed by atoms with Crippen LogP contribution in [0.15, 0.2) is 36.5 Å². The topological polar surface area (TPSA) is 111 Å². The molecule has 214 valence electrons. The van der Waals surface area contributed by atoms with Crippen molar-refractivity contribution in [2.45, 2.75) is 38.7 Å². The van der Waals surface area contributed by atoms with Gasteiger partial charge in [0.1, 0.15) is 17.3 Å². The molecule has 1 aromatic carbocycles. The first kappa shape index (κ1) is 28.8. The summed E-state index contributed by atoms with van der Waals surface area (Å²) in [5, 5.41) is 9.03. The van der Waals surface area contributed by atoms with Crippen LogP contribution in [0, 0.1) is 17.7 Å². The summed E-state index contributed by atoms with van der Waals surface area (Å²) in [5.41, 5.74) is -4.40. The molecule has 9 nitrogen and oxygen atoms in total. The van der Waals surface area contributed by atoms with E-state index in [4.69, 9.17) is 4.74 Å². The zero-order chi connectivity index (χ0) is 29.6. The third kappa shape index (κ3) is 5.84. The van der Waals surface area contributed by atoms with Gasteiger partial charge in [0.2, 0.25) is 11.8 Å². The first-order valence-electron chi connectivity index (χ1n) is 11.6. The molecule has 2 amide bonds. The molecule has 1 aliphatic rings. The second-order valence-corrected chi connectivity index (χ2v) is 9.48. The summed E-state index contributed by atoms with van der Waals surface area (Å²) in [6.45, 7) is 3.03. The van der Waals surface area contributed by atoms with Gasteiger partial charge in [-0.05, 0) is 32.0 Å². The van der Waals surface area contributed by atoms with Crippen molar-refractivity contribution >= 4 is 17.6 Å². The van der Waals surface area contributed by atoms with Crippen LogP contribution in [0.4, 0.5) is 36.6 Å². The van der Waals surface area contributed by atoms with Gasteiger partial charge in [-0.25, -0.2) is 14.4 Å². The molecule has 1 fully saturated rings. The van der Waals surface area contributed by atoms with E-state index in [9.17, 15) is 40.3 Å². The Morgan fingerprint density at radius 3 is 2.42 bits per heavy atom. The Kier molecular flexibility index (Phi) is 7.23. The maximum atomic E-state index is 14.6. The Hall–Kier alpha value is -4.24. The number of anilines is 1. The minimum absolute atomic E-state index is 0.0374. The third-order valence-corrected chi connectivity index (χ3v) is 6.16. The maximum Gasteiger partial charge on any atom is 0.433 e. The second-order valence-electron chi connectivity index (χ2n) is 9.48. The number of halogens is 7. The number of hydrogen-bond acceptors (Lipinski definition) is 6. The van der Waals surface area contributed by atoms with Crippen LogP contribution in [-0.4, -0.2) is 49.9 Å². The lowest BCUT2D eigenvalue weighted by atomic mass is 9.97. The van der Waals surface area contributed by atoms with Crippen molar-refractivity contribution in [2.24, 2.45) is 11.8 Å². The van der Waals surface area contributed by atoms with Gasteiger partial charge >= 0.3 is 12.4 Å². The molecule has 0 spiro atoms. The van der Waals surface area contributed by atoms with Crippen LogP contribution in [0.1, 0.15) is 26.5 Å². The second kappa shape index (κ2) is 10.1. The van der Waals surface area contributed by atoms with Crippen molar-refractivity contribution in [3.63, 3.8) is 0 Å². The van der Waals surface area contributed by atoms with Crippen molar-refractivity contribution in [2.75, 3.05) is 11.9 Å². The lowest BCUT2D eigenvalue weighted by Crippen LogP contribution is -2.44. The molecule has 0 aliphatic carbocycles. The van der Waals surface area contributed by atoms with E-state index < -0.39 is 58.9 Å². The van der Waals surface area contributed by atoms with Crippen LogP contribution in [0.2, 0.25) is 0 Å². The predicted octanol–water partition coefficient (Wildman–Crippen LogP) is 4.53. The van der Waals surface area contributed by atoms with Crippen LogP contribution in [0.25, 0.3) is 17.2 Å². The molecule has 1 aliphatic heterocycles. The Bertz CT molecular complexity index is 1450. The van der Waals surface area contributed by atoms with E-state index in [1.807, 2.05) is 0 Å². The van der Waals surface area contributed by atoms with E-state index in [1.54, 1.807) is 0 Å². The number of ether oxygens (including phenoxy) is 1. The van der Waals surface area contributed by atoms with E-state index in [2.05, 4.69) is 25.7 Å². The van der Waals surface area contributed by atoms with Crippen molar-refractivity contribution in [1.82, 2.24) is 25.1 Å². The lowest BCUT2D eigenvalue weighted by molar-refractivity contribution is -0.234. The number of rotatable bonds is 6. The van der Waals surface area contributed by atoms with Gasteiger partial charge in [-0.2, -0.15) is 31.0 Å². The van der Waals surface area contributed by atoms with E-state index in [-0.39, 0.29) is 29.5 Å². The average Bonchev–Trinajstić information content (AvgIpc) is 3.40. The van der Waals surface area contributed by atoms with Crippen LogP contribution >= 0.6 is 0 Å². The Balaban J connectivity index is 1.80. The Morgan fingerprint density at radius 1 is 1.12 bits per heavy atom. The van der Waals surface area contributed by atoms with Gasteiger partial charge < -0.3 is 15.4 Å². The average molecular weight is 574 g/mol. The minimum Gasteiger partial charge on any atom is -0.478 e. The molecule has 0 saturated carbocycles. The first-order chi connectivity index (χ1) is 18.5. The summed E-state index contributed by atoms with van der Waals surface area (Å²) in [7, 11) is 0. The molecule has 2 aromatic heterocycles. The largest absolute Gasteiger partial charge is 0.478 e. The molecule has 4 rings (SSSR count). The monoisotopic (exact) mass is 574 g/mol. The molecule has 0 radical (unpaired) electrons. The standard InChI is InChI=1S/C24H21F7N6O3/c1-11-15(10-33-19(11)38)20(39)35-18-9-16(37(36-18)21-32-5-4-17(34-21)23(26,27)28)12-6-13(25)8-14(7-12)40-22(2,3)24(29,30)31/h4-9,11,15H,10H2,1-3H3,(H,33,38)(H,35,36,39)/t11-,15+/m1/s1. The normalized spacial score (nSPS) is 18.0. The number of aromatic nitrogens is 4. The fraction of sp³-hybridized carbons (Fsp3) is 0.375. The van der Waals surface area contributed by atoms with Gasteiger partial charge in [-0.1, -0.05) is 6.92 Å². The third-order valence-electron chi connectivity index (χ3n) is 6.16. The first-order valence-corrected chi connectivity index (χ1v) is 11.6. The fourth-order valence-electron chi connectivity index (χ4n) is 3.80. The summed E-state index contributed by atoms with van der Waals surface area (Å²) >= 11 is 0. The number of alkyl halides is 6. The van der Waals surface area contributed by atoms with Gasteiger partial charge in [-0.3, -0.25) is 9.59 Å². The summed E-state index contributed by atoms with van der Waals surface area (Å²) in [6, 6.07) is 4.34. The van der Waals surface area contributed by atoms with Gasteiger partial charge in [0, 0.05) is 36.4 Å². The van der Waals surface area contributed by atoms with Crippen molar-refractivity contribution in [1.29, 1.82) is 0 Å². The highest BCUT2D eigenvalue weighted by atomic mass is 19.4. The van der Waals surface area contributed by atoms with Crippen molar-refractivity contribution in [3.05, 3.63) is 48.0 Å². The van der Waals surface area contributed by atoms with Crippen LogP contribution < -0.4 is 15.4 Å². The number of hydrogen-bond donors (Lipinski definition) is 2. The smallest absolute Gasteiger partial charge is 0.433 e. The molecular formula is C24H21F7N6O3. The molecule has 40 heavy (non-hydrogen) atoms. The van der Waals surface area contributed by atoms with Crippen LogP contribution in [0.5, 0.6) is 5.75 Å². The lowest BCUT2D eigenvalue weighted by Gasteiger charge is -2.29. The quantitative estimate of drug-likeness (QED) is 0.419. The Labute approximate surface area is 221 Å². The Morgan fingerprint density at radius 2 is 1.82 bits per heavy atom. The van der Waals surface area contributed by atoms with Gasteiger partial charge in [-0.15, -0.1) is 5.10 Å². The molecule has 0 bridgehead atoms. The molecule has 0 unspecified atom stereocenters. The fourth-order valence-corrected chi connectivity index (χ4v) is 3.80. The number of nitrogens with one attached hydrogen (secondary N) is 2. The minimum atomic E-state index is -4.86. The van der Waals surface area contributed by atoms with E-state index >= 15 is 0 Å². The van der Waals surface area contributed by atoms with Gasteiger partial charge in [0.05, 0.1) is 11.6 Å². The highest BCUT2D eigenvalue weighted by Crippen LogP contribution is 2.37. The number of carbonyl (C=O) groups excluding carboxylic acids is 2. The number of carbonyl (C=O) groups is 2. The highest BCUT2D eigenvalue weighted by molar-refractivity contribution is 5.98. The molecular weight excluding hydrogens is 553 g/mol. The van der Waals surface area contributed by atoms with Crippen molar-refractivity contribution < 1.29 is 45.1 Å². The molecule has 3 aromatic rings. The number of nitrogens with zero attached hydrogens (tertiary/aromatic N) is 4. The zero-order valence-corrected chi connectivity index (χ0v) is 21.0. The summed E-state index contributed by atoms with van der Waals surface area (Å²) in [6.07, 6.45) is -8.88. The summed E-state index contributed by atoms with van der Waals surface area (Å²) in [5.74, 6) is -4.87. The van der Waals surface area contributed by atoms with Crippen molar-refractivity contribution in [3.8, 4) is 23.0 Å². The van der Waals surface area contributed by atoms with E-state index in [0.717, 1.165) is 42.9 Å². The molecule has 2 atom stereocenters. The van der Waals surface area contributed by atoms with Crippen LogP contribution in [-0.2, 0) is 15.8 Å². The maximum absolute atomic E-state index is 14.6. The zero-order valence-electron chi connectivity index (χ0n) is 21.0. The predicted molar refractivity (Wildman–Crippen MR) is 125 cm³/mol. The molecule has 3 heterocycles. The number of benzene rings is 1. The van der Waals surface area contributed by atoms with Gasteiger partial charge in [0.25, 0.3) is 5.95 Å². The van der Waals surface area contributed by atoms with Crippen LogP contribution in [0.3, 0.4) is 0 Å². The molecule has 16 heteroatoms. The molecule has 1 saturated heterocycles. The number of amides is 2. The van der Waals surface area contributed by atoms with E-state index in [0.29, 0.717) is 12.1 Å².